The Kier molecular flexibility index (Phi) is 4.57. The summed E-state index contributed by atoms with van der Waals surface area (Å²) in [7, 11) is -3.54. The molecule has 0 radical (unpaired) electrons. The molecule has 0 amide bonds. The van der Waals surface area contributed by atoms with Gasteiger partial charge in [0, 0.05) is 18.8 Å². The van der Waals surface area contributed by atoms with Gasteiger partial charge in [0.1, 0.15) is 4.90 Å². The number of aromatic nitrogens is 2. The fraction of sp³-hybridized carbons (Fsp3) is 0.357. The first-order valence-corrected chi connectivity index (χ1v) is 8.15. The molecule has 0 saturated heterocycles. The third kappa shape index (κ3) is 3.26. The number of benzene rings is 1. The van der Waals surface area contributed by atoms with Crippen molar-refractivity contribution in [3.05, 3.63) is 48.3 Å². The average molecular weight is 293 g/mol. The van der Waals surface area contributed by atoms with E-state index in [0.717, 1.165) is 5.56 Å². The Morgan fingerprint density at radius 2 is 1.95 bits per heavy atom. The summed E-state index contributed by atoms with van der Waals surface area (Å²) in [6, 6.07) is 9.34. The molecule has 0 unspecified atom stereocenters. The summed E-state index contributed by atoms with van der Waals surface area (Å²) in [6.07, 6.45) is 3.61. The van der Waals surface area contributed by atoms with Crippen LogP contribution in [0.25, 0.3) is 0 Å². The molecule has 0 aliphatic rings. The van der Waals surface area contributed by atoms with Crippen LogP contribution in [0, 0.1) is 0 Å². The smallest absolute Gasteiger partial charge is 0.244 e. The normalized spacial score (nSPS) is 13.3. The lowest BCUT2D eigenvalue weighted by molar-refractivity contribution is 0.550. The first-order chi connectivity index (χ1) is 9.56. The highest BCUT2D eigenvalue weighted by Gasteiger charge is 2.21. The van der Waals surface area contributed by atoms with Crippen LogP contribution in [0.5, 0.6) is 0 Å². The molecular formula is C14H19N3O2S. The molecule has 0 bridgehead atoms. The van der Waals surface area contributed by atoms with Gasteiger partial charge in [-0.1, -0.05) is 37.3 Å². The maximum atomic E-state index is 12.3. The summed E-state index contributed by atoms with van der Waals surface area (Å²) in [5.74, 6) is 0. The van der Waals surface area contributed by atoms with Crippen LogP contribution in [0.1, 0.15) is 31.9 Å². The van der Waals surface area contributed by atoms with E-state index in [0.29, 0.717) is 13.0 Å². The van der Waals surface area contributed by atoms with Gasteiger partial charge in [-0.25, -0.2) is 13.1 Å². The van der Waals surface area contributed by atoms with Gasteiger partial charge in [-0.3, -0.25) is 4.68 Å². The molecule has 2 aromatic rings. The van der Waals surface area contributed by atoms with Crippen LogP contribution in [-0.2, 0) is 16.6 Å². The molecular weight excluding hydrogens is 274 g/mol. The first kappa shape index (κ1) is 14.7. The van der Waals surface area contributed by atoms with Gasteiger partial charge in [0.2, 0.25) is 10.0 Å². The summed E-state index contributed by atoms with van der Waals surface area (Å²) in [6.45, 7) is 4.51. The predicted octanol–water partition coefficient (Wildman–Crippen LogP) is 2.33. The summed E-state index contributed by atoms with van der Waals surface area (Å²) < 4.78 is 29.0. The molecule has 1 aromatic heterocycles. The quantitative estimate of drug-likeness (QED) is 0.889. The van der Waals surface area contributed by atoms with Crippen LogP contribution in [0.3, 0.4) is 0 Å². The molecule has 0 aliphatic carbocycles. The van der Waals surface area contributed by atoms with Gasteiger partial charge >= 0.3 is 0 Å². The van der Waals surface area contributed by atoms with E-state index in [2.05, 4.69) is 9.82 Å². The lowest BCUT2D eigenvalue weighted by Crippen LogP contribution is -2.28. The number of sulfonamides is 1. The van der Waals surface area contributed by atoms with Crippen molar-refractivity contribution in [3.63, 3.8) is 0 Å². The molecule has 1 aromatic carbocycles. The summed E-state index contributed by atoms with van der Waals surface area (Å²) in [4.78, 5) is 0.203. The Morgan fingerprint density at radius 3 is 2.50 bits per heavy atom. The molecule has 5 nitrogen and oxygen atoms in total. The molecule has 2 rings (SSSR count). The third-order valence-corrected chi connectivity index (χ3v) is 4.58. The average Bonchev–Trinajstić information content (AvgIpc) is 2.95. The fourth-order valence-electron chi connectivity index (χ4n) is 1.98. The molecule has 0 fully saturated rings. The lowest BCUT2D eigenvalue weighted by Gasteiger charge is -2.16. The van der Waals surface area contributed by atoms with Gasteiger partial charge in [0.25, 0.3) is 0 Å². The summed E-state index contributed by atoms with van der Waals surface area (Å²) in [5, 5.41) is 4.00. The van der Waals surface area contributed by atoms with Crippen LogP contribution >= 0.6 is 0 Å². The van der Waals surface area contributed by atoms with Crippen molar-refractivity contribution >= 4 is 10.0 Å². The Hall–Kier alpha value is -1.66. The van der Waals surface area contributed by atoms with E-state index >= 15 is 0 Å². The van der Waals surface area contributed by atoms with Crippen LogP contribution in [0.2, 0.25) is 0 Å². The van der Waals surface area contributed by atoms with Crippen molar-refractivity contribution in [3.8, 4) is 0 Å². The van der Waals surface area contributed by atoms with E-state index in [1.807, 2.05) is 44.2 Å². The second kappa shape index (κ2) is 6.19. The van der Waals surface area contributed by atoms with Gasteiger partial charge in [-0.2, -0.15) is 5.10 Å². The minimum atomic E-state index is -3.54. The van der Waals surface area contributed by atoms with E-state index in [-0.39, 0.29) is 10.9 Å². The largest absolute Gasteiger partial charge is 0.272 e. The van der Waals surface area contributed by atoms with Gasteiger partial charge in [-0.05, 0) is 18.9 Å². The molecule has 20 heavy (non-hydrogen) atoms. The van der Waals surface area contributed by atoms with Crippen LogP contribution in [0.4, 0.5) is 0 Å². The van der Waals surface area contributed by atoms with E-state index in [1.165, 1.54) is 6.20 Å². The van der Waals surface area contributed by atoms with Crippen molar-refractivity contribution in [2.45, 2.75) is 37.8 Å². The van der Waals surface area contributed by atoms with Crippen molar-refractivity contribution in [2.75, 3.05) is 0 Å². The molecule has 0 saturated carbocycles. The van der Waals surface area contributed by atoms with Crippen LogP contribution in [-0.4, -0.2) is 18.2 Å². The molecule has 1 N–H and O–H groups in total. The van der Waals surface area contributed by atoms with E-state index in [9.17, 15) is 8.42 Å². The second-order valence-electron chi connectivity index (χ2n) is 4.52. The topological polar surface area (TPSA) is 64.0 Å². The highest BCUT2D eigenvalue weighted by molar-refractivity contribution is 7.89. The third-order valence-electron chi connectivity index (χ3n) is 3.15. The van der Waals surface area contributed by atoms with Crippen molar-refractivity contribution in [2.24, 2.45) is 0 Å². The summed E-state index contributed by atoms with van der Waals surface area (Å²) >= 11 is 0. The lowest BCUT2D eigenvalue weighted by atomic mass is 10.1. The number of rotatable bonds is 6. The zero-order chi connectivity index (χ0) is 14.6. The molecule has 108 valence electrons. The second-order valence-corrected chi connectivity index (χ2v) is 6.24. The van der Waals surface area contributed by atoms with Gasteiger partial charge in [0.15, 0.2) is 0 Å². The van der Waals surface area contributed by atoms with E-state index in [1.54, 1.807) is 10.9 Å². The van der Waals surface area contributed by atoms with Gasteiger partial charge in [-0.15, -0.1) is 0 Å². The fourth-order valence-corrected chi connectivity index (χ4v) is 3.24. The Balaban J connectivity index is 2.22. The van der Waals surface area contributed by atoms with Crippen molar-refractivity contribution < 1.29 is 8.42 Å². The highest BCUT2D eigenvalue weighted by Crippen LogP contribution is 2.19. The minimum absolute atomic E-state index is 0.203. The number of hydrogen-bond acceptors (Lipinski definition) is 3. The monoisotopic (exact) mass is 293 g/mol. The van der Waals surface area contributed by atoms with Crippen molar-refractivity contribution in [1.29, 1.82) is 0 Å². The predicted molar refractivity (Wildman–Crippen MR) is 77.7 cm³/mol. The zero-order valence-electron chi connectivity index (χ0n) is 11.7. The van der Waals surface area contributed by atoms with Crippen LogP contribution in [0.15, 0.2) is 47.6 Å². The Bertz CT molecular complexity index is 650. The van der Waals surface area contributed by atoms with Gasteiger partial charge in [0.05, 0.1) is 6.20 Å². The highest BCUT2D eigenvalue weighted by atomic mass is 32.2. The van der Waals surface area contributed by atoms with Crippen LogP contribution < -0.4 is 4.72 Å². The first-order valence-electron chi connectivity index (χ1n) is 6.66. The SMILES string of the molecule is CC[C@@H](NS(=O)(=O)c1cnn(CC)c1)c1ccccc1. The maximum Gasteiger partial charge on any atom is 0.244 e. The minimum Gasteiger partial charge on any atom is -0.272 e. The summed E-state index contributed by atoms with van der Waals surface area (Å²) in [5.41, 5.74) is 0.960. The standard InChI is InChI=1S/C14H19N3O2S/c1-3-14(12-8-6-5-7-9-12)16-20(18,19)13-10-15-17(4-2)11-13/h5-11,14,16H,3-4H2,1-2H3/t14-/m1/s1. The Morgan fingerprint density at radius 1 is 1.25 bits per heavy atom. The number of nitrogens with zero attached hydrogens (tertiary/aromatic N) is 2. The number of nitrogens with one attached hydrogen (secondary N) is 1. The number of hydrogen-bond donors (Lipinski definition) is 1. The molecule has 6 heteroatoms. The van der Waals surface area contributed by atoms with Crippen molar-refractivity contribution in [1.82, 2.24) is 14.5 Å². The Labute approximate surface area is 119 Å². The zero-order valence-corrected chi connectivity index (χ0v) is 12.5. The van der Waals surface area contributed by atoms with E-state index in [4.69, 9.17) is 0 Å². The molecule has 1 heterocycles. The molecule has 0 aliphatic heterocycles. The number of aryl methyl sites for hydroxylation is 1. The van der Waals surface area contributed by atoms with Gasteiger partial charge < -0.3 is 0 Å². The van der Waals surface area contributed by atoms with E-state index < -0.39 is 10.0 Å². The molecule has 1 atom stereocenters. The molecule has 0 spiro atoms. The maximum absolute atomic E-state index is 12.3.